The lowest BCUT2D eigenvalue weighted by molar-refractivity contribution is 0.0950. The van der Waals surface area contributed by atoms with Crippen LogP contribution in [0.5, 0.6) is 5.75 Å². The highest BCUT2D eigenvalue weighted by atomic mass is 16.5. The van der Waals surface area contributed by atoms with E-state index in [4.69, 9.17) is 4.74 Å². The first-order valence-corrected chi connectivity index (χ1v) is 10.1. The molecular weight excluding hydrogens is 386 g/mol. The average molecular weight is 409 g/mol. The van der Waals surface area contributed by atoms with Gasteiger partial charge in [0.2, 0.25) is 0 Å². The molecule has 0 aliphatic heterocycles. The molecule has 3 aromatic carbocycles. The minimum absolute atomic E-state index is 0.150. The first-order valence-electron chi connectivity index (χ1n) is 10.1. The van der Waals surface area contributed by atoms with Crippen molar-refractivity contribution in [3.05, 3.63) is 120 Å². The molecule has 0 atom stereocenters. The van der Waals surface area contributed by atoms with E-state index in [2.05, 4.69) is 15.6 Å². The topological polar surface area (TPSA) is 63.2 Å². The summed E-state index contributed by atoms with van der Waals surface area (Å²) in [4.78, 5) is 16.6. The second-order valence-electron chi connectivity index (χ2n) is 7.02. The Morgan fingerprint density at radius 2 is 1.45 bits per heavy atom. The number of amides is 1. The molecule has 0 bridgehead atoms. The molecule has 154 valence electrons. The molecule has 0 spiro atoms. The Morgan fingerprint density at radius 3 is 2.10 bits per heavy atom. The minimum atomic E-state index is -0.150. The van der Waals surface area contributed by atoms with Crippen molar-refractivity contribution in [2.75, 3.05) is 5.32 Å². The monoisotopic (exact) mass is 409 g/mol. The highest BCUT2D eigenvalue weighted by Crippen LogP contribution is 2.20. The first-order chi connectivity index (χ1) is 15.3. The number of pyridine rings is 1. The van der Waals surface area contributed by atoms with Gasteiger partial charge in [0, 0.05) is 18.4 Å². The molecule has 0 aliphatic rings. The fourth-order valence-electron chi connectivity index (χ4n) is 3.01. The van der Waals surface area contributed by atoms with Gasteiger partial charge in [0.15, 0.2) is 0 Å². The van der Waals surface area contributed by atoms with Crippen molar-refractivity contribution in [1.82, 2.24) is 10.3 Å². The lowest BCUT2D eigenvalue weighted by Gasteiger charge is -2.09. The number of ether oxygens (including phenoxy) is 1. The third kappa shape index (κ3) is 5.93. The van der Waals surface area contributed by atoms with Crippen molar-refractivity contribution in [3.63, 3.8) is 0 Å². The van der Waals surface area contributed by atoms with E-state index in [1.165, 1.54) is 0 Å². The zero-order chi connectivity index (χ0) is 21.3. The highest BCUT2D eigenvalue weighted by Gasteiger charge is 2.06. The molecule has 0 fully saturated rings. The molecule has 31 heavy (non-hydrogen) atoms. The van der Waals surface area contributed by atoms with Crippen LogP contribution in [0.15, 0.2) is 103 Å². The van der Waals surface area contributed by atoms with Crippen LogP contribution in [0, 0.1) is 0 Å². The van der Waals surface area contributed by atoms with E-state index < -0.39 is 0 Å². The summed E-state index contributed by atoms with van der Waals surface area (Å²) < 4.78 is 5.81. The number of nitrogens with one attached hydrogen (secondary N) is 2. The average Bonchev–Trinajstić information content (AvgIpc) is 2.84. The number of nitrogens with zero attached hydrogens (tertiary/aromatic N) is 1. The van der Waals surface area contributed by atoms with Gasteiger partial charge in [0.05, 0.1) is 5.56 Å². The standard InChI is InChI=1S/C26H23N3O2/c30-26(28-17-20-7-3-1-4-8-20)22-11-16-25(27-18-22)29-23-12-14-24(15-13-23)31-19-21-9-5-2-6-10-21/h1-16,18H,17,19H2,(H,27,29)(H,28,30). The Balaban J connectivity index is 1.28. The van der Waals surface area contributed by atoms with Crippen molar-refractivity contribution >= 4 is 17.4 Å². The van der Waals surface area contributed by atoms with Gasteiger partial charge in [-0.15, -0.1) is 0 Å². The largest absolute Gasteiger partial charge is 0.489 e. The maximum absolute atomic E-state index is 12.3. The van der Waals surface area contributed by atoms with Crippen LogP contribution in [0.4, 0.5) is 11.5 Å². The molecule has 1 amide bonds. The molecule has 0 unspecified atom stereocenters. The second-order valence-corrected chi connectivity index (χ2v) is 7.02. The number of carbonyl (C=O) groups excluding carboxylic acids is 1. The Kier molecular flexibility index (Phi) is 6.55. The van der Waals surface area contributed by atoms with E-state index in [0.29, 0.717) is 24.5 Å². The number of aromatic nitrogens is 1. The van der Waals surface area contributed by atoms with Crippen LogP contribution in [-0.4, -0.2) is 10.9 Å². The lowest BCUT2D eigenvalue weighted by Crippen LogP contribution is -2.22. The highest BCUT2D eigenvalue weighted by molar-refractivity contribution is 5.94. The third-order valence-electron chi connectivity index (χ3n) is 4.70. The summed E-state index contributed by atoms with van der Waals surface area (Å²) in [5.41, 5.74) is 3.59. The molecule has 0 aliphatic carbocycles. The third-order valence-corrected chi connectivity index (χ3v) is 4.70. The zero-order valence-corrected chi connectivity index (χ0v) is 17.0. The molecule has 4 aromatic rings. The minimum Gasteiger partial charge on any atom is -0.489 e. The number of hydrogen-bond donors (Lipinski definition) is 2. The van der Waals surface area contributed by atoms with E-state index in [-0.39, 0.29) is 5.91 Å². The first kappa shape index (κ1) is 20.2. The Morgan fingerprint density at radius 1 is 0.774 bits per heavy atom. The van der Waals surface area contributed by atoms with Crippen molar-refractivity contribution in [1.29, 1.82) is 0 Å². The molecule has 0 saturated heterocycles. The van der Waals surface area contributed by atoms with E-state index in [1.807, 2.05) is 84.9 Å². The van der Waals surface area contributed by atoms with E-state index in [9.17, 15) is 4.79 Å². The number of carbonyl (C=O) groups is 1. The fraction of sp³-hybridized carbons (Fsp3) is 0.0769. The normalized spacial score (nSPS) is 10.3. The van der Waals surface area contributed by atoms with Crippen LogP contribution >= 0.6 is 0 Å². The second kappa shape index (κ2) is 10.1. The summed E-state index contributed by atoms with van der Waals surface area (Å²) >= 11 is 0. The predicted octanol–water partition coefficient (Wildman–Crippen LogP) is 5.33. The van der Waals surface area contributed by atoms with Crippen LogP contribution in [0.2, 0.25) is 0 Å². The lowest BCUT2D eigenvalue weighted by atomic mass is 10.2. The van der Waals surface area contributed by atoms with Crippen LogP contribution in [-0.2, 0) is 13.2 Å². The van der Waals surface area contributed by atoms with Gasteiger partial charge in [-0.05, 0) is 47.5 Å². The van der Waals surface area contributed by atoms with Crippen molar-refractivity contribution < 1.29 is 9.53 Å². The van der Waals surface area contributed by atoms with Gasteiger partial charge in [0.25, 0.3) is 5.91 Å². The van der Waals surface area contributed by atoms with Gasteiger partial charge in [-0.1, -0.05) is 60.7 Å². The molecule has 5 heteroatoms. The van der Waals surface area contributed by atoms with Gasteiger partial charge in [-0.2, -0.15) is 0 Å². The predicted molar refractivity (Wildman–Crippen MR) is 122 cm³/mol. The Hall–Kier alpha value is -4.12. The summed E-state index contributed by atoms with van der Waals surface area (Å²) in [7, 11) is 0. The SMILES string of the molecule is O=C(NCc1ccccc1)c1ccc(Nc2ccc(OCc3ccccc3)cc2)nc1. The van der Waals surface area contributed by atoms with E-state index in [0.717, 1.165) is 22.6 Å². The summed E-state index contributed by atoms with van der Waals surface area (Å²) in [5, 5.41) is 6.13. The Labute approximate surface area is 181 Å². The van der Waals surface area contributed by atoms with Crippen molar-refractivity contribution in [3.8, 4) is 5.75 Å². The molecule has 1 heterocycles. The molecule has 5 nitrogen and oxygen atoms in total. The van der Waals surface area contributed by atoms with Crippen molar-refractivity contribution in [2.24, 2.45) is 0 Å². The molecule has 0 radical (unpaired) electrons. The van der Waals surface area contributed by atoms with Crippen LogP contribution in [0.3, 0.4) is 0 Å². The van der Waals surface area contributed by atoms with Crippen LogP contribution in [0.25, 0.3) is 0 Å². The molecule has 4 rings (SSSR count). The van der Waals surface area contributed by atoms with E-state index in [1.54, 1.807) is 18.3 Å². The van der Waals surface area contributed by atoms with Gasteiger partial charge < -0.3 is 15.4 Å². The quantitative estimate of drug-likeness (QED) is 0.413. The number of anilines is 2. The maximum Gasteiger partial charge on any atom is 0.253 e. The van der Waals surface area contributed by atoms with E-state index >= 15 is 0 Å². The maximum atomic E-state index is 12.3. The number of benzene rings is 3. The molecule has 1 aromatic heterocycles. The van der Waals surface area contributed by atoms with Gasteiger partial charge in [-0.25, -0.2) is 4.98 Å². The zero-order valence-electron chi connectivity index (χ0n) is 17.0. The summed E-state index contributed by atoms with van der Waals surface area (Å²) in [6.45, 7) is 1.02. The van der Waals surface area contributed by atoms with Crippen LogP contribution in [0.1, 0.15) is 21.5 Å². The summed E-state index contributed by atoms with van der Waals surface area (Å²) in [6, 6.07) is 31.1. The molecule has 0 saturated carbocycles. The molecule has 2 N–H and O–H groups in total. The number of rotatable bonds is 8. The summed E-state index contributed by atoms with van der Waals surface area (Å²) in [5.74, 6) is 1.31. The van der Waals surface area contributed by atoms with Gasteiger partial charge >= 0.3 is 0 Å². The van der Waals surface area contributed by atoms with Crippen LogP contribution < -0.4 is 15.4 Å². The summed E-state index contributed by atoms with van der Waals surface area (Å²) in [6.07, 6.45) is 1.57. The smallest absolute Gasteiger partial charge is 0.253 e. The Bertz CT molecular complexity index is 1100. The van der Waals surface area contributed by atoms with Gasteiger partial charge in [-0.3, -0.25) is 4.79 Å². The fourth-order valence-corrected chi connectivity index (χ4v) is 3.01. The van der Waals surface area contributed by atoms with Gasteiger partial charge in [0.1, 0.15) is 18.2 Å². The number of hydrogen-bond acceptors (Lipinski definition) is 4. The van der Waals surface area contributed by atoms with Crippen molar-refractivity contribution in [2.45, 2.75) is 13.2 Å². The molecular formula is C26H23N3O2.